The molecule has 0 spiro atoms. The first-order valence-electron chi connectivity index (χ1n) is 5.95. The zero-order chi connectivity index (χ0) is 12.4. The molecule has 0 aliphatic carbocycles. The van der Waals surface area contributed by atoms with Gasteiger partial charge in [-0.1, -0.05) is 47.6 Å². The predicted molar refractivity (Wildman–Crippen MR) is 75.6 cm³/mol. The molecule has 0 aliphatic rings. The van der Waals surface area contributed by atoms with Gasteiger partial charge in [0, 0.05) is 0 Å². The zero-order valence-corrected chi connectivity index (χ0v) is 11.8. The van der Waals surface area contributed by atoms with Gasteiger partial charge in [-0.25, -0.2) is 0 Å². The second-order valence-electron chi connectivity index (χ2n) is 3.52. The Bertz CT molecular complexity index is 285. The van der Waals surface area contributed by atoms with E-state index in [0.29, 0.717) is 8.58 Å². The highest BCUT2D eigenvalue weighted by atomic mass is 31.1. The SMILES string of the molecule is CCc1cccc(CC)c1CC.CPC=O. The summed E-state index contributed by atoms with van der Waals surface area (Å²) in [5.74, 6) is 0. The number of carbonyl (C=O) groups excluding carboxylic acids is 1. The molecular weight excluding hydrogens is 215 g/mol. The van der Waals surface area contributed by atoms with Crippen LogP contribution in [-0.4, -0.2) is 12.7 Å². The van der Waals surface area contributed by atoms with E-state index in [9.17, 15) is 4.79 Å². The van der Waals surface area contributed by atoms with Gasteiger partial charge in [0.05, 0.1) is 0 Å². The molecule has 0 saturated carbocycles. The Kier molecular flexibility index (Phi) is 9.13. The van der Waals surface area contributed by atoms with Crippen molar-refractivity contribution in [2.45, 2.75) is 40.0 Å². The van der Waals surface area contributed by atoms with Gasteiger partial charge in [-0.3, -0.25) is 4.79 Å². The van der Waals surface area contributed by atoms with Gasteiger partial charge in [-0.15, -0.1) is 0 Å². The summed E-state index contributed by atoms with van der Waals surface area (Å²) < 4.78 is 0. The molecule has 0 amide bonds. The summed E-state index contributed by atoms with van der Waals surface area (Å²) in [6, 6.07) is 7.58. The Labute approximate surface area is 101 Å². The van der Waals surface area contributed by atoms with E-state index >= 15 is 0 Å². The lowest BCUT2D eigenvalue weighted by Crippen LogP contribution is -1.96. The maximum absolute atomic E-state index is 9.19. The lowest BCUT2D eigenvalue weighted by molar-refractivity contribution is 0.569. The van der Waals surface area contributed by atoms with Crippen molar-refractivity contribution in [1.82, 2.24) is 0 Å². The zero-order valence-electron chi connectivity index (χ0n) is 10.8. The van der Waals surface area contributed by atoms with Crippen LogP contribution in [0.4, 0.5) is 0 Å². The first kappa shape index (κ1) is 15.3. The summed E-state index contributed by atoms with van der Waals surface area (Å²) in [6.07, 6.45) is 3.50. The van der Waals surface area contributed by atoms with Crippen LogP contribution in [0.5, 0.6) is 0 Å². The van der Waals surface area contributed by atoms with Crippen LogP contribution < -0.4 is 0 Å². The molecular formula is C14H23OP. The first-order chi connectivity index (χ1) is 7.74. The van der Waals surface area contributed by atoms with E-state index in [4.69, 9.17) is 0 Å². The summed E-state index contributed by atoms with van der Waals surface area (Å²) in [5.41, 5.74) is 4.62. The Morgan fingerprint density at radius 1 is 1.06 bits per heavy atom. The number of hydrogen-bond donors (Lipinski definition) is 0. The normalized spacial score (nSPS) is 10.0. The summed E-state index contributed by atoms with van der Waals surface area (Å²) in [5, 5.41) is 0. The van der Waals surface area contributed by atoms with Gasteiger partial charge in [0.2, 0.25) is 0 Å². The summed E-state index contributed by atoms with van der Waals surface area (Å²) in [6.45, 7) is 8.54. The van der Waals surface area contributed by atoms with E-state index in [1.54, 1.807) is 5.56 Å². The molecule has 16 heavy (non-hydrogen) atoms. The lowest BCUT2D eigenvalue weighted by Gasteiger charge is -2.10. The fraction of sp³-hybridized carbons (Fsp3) is 0.500. The molecule has 1 aromatic carbocycles. The number of benzene rings is 1. The maximum atomic E-state index is 9.19. The maximum Gasteiger partial charge on any atom is 0.138 e. The average molecular weight is 238 g/mol. The largest absolute Gasteiger partial charge is 0.299 e. The van der Waals surface area contributed by atoms with Gasteiger partial charge in [0.25, 0.3) is 0 Å². The summed E-state index contributed by atoms with van der Waals surface area (Å²) in [7, 11) is 0.460. The second-order valence-corrected chi connectivity index (χ2v) is 4.34. The predicted octanol–water partition coefficient (Wildman–Crippen LogP) is 3.86. The highest BCUT2D eigenvalue weighted by molar-refractivity contribution is 7.54. The fourth-order valence-electron chi connectivity index (χ4n) is 1.80. The van der Waals surface area contributed by atoms with Gasteiger partial charge in [0.1, 0.15) is 6.03 Å². The minimum absolute atomic E-state index is 0.460. The van der Waals surface area contributed by atoms with Crippen molar-refractivity contribution in [2.24, 2.45) is 0 Å². The van der Waals surface area contributed by atoms with Crippen LogP contribution in [0.3, 0.4) is 0 Å². The van der Waals surface area contributed by atoms with Crippen molar-refractivity contribution in [2.75, 3.05) is 6.66 Å². The van der Waals surface area contributed by atoms with Crippen molar-refractivity contribution >= 4 is 14.6 Å². The minimum atomic E-state index is 0.460. The molecule has 0 saturated heterocycles. The van der Waals surface area contributed by atoms with E-state index in [-0.39, 0.29) is 0 Å². The van der Waals surface area contributed by atoms with Crippen LogP contribution in [0.1, 0.15) is 37.5 Å². The molecule has 1 rings (SSSR count). The minimum Gasteiger partial charge on any atom is -0.299 e. The molecule has 0 aromatic heterocycles. The third-order valence-electron chi connectivity index (χ3n) is 2.60. The van der Waals surface area contributed by atoms with Crippen LogP contribution in [0.25, 0.3) is 0 Å². The highest BCUT2D eigenvalue weighted by Gasteiger charge is 2.02. The lowest BCUT2D eigenvalue weighted by atomic mass is 9.96. The van der Waals surface area contributed by atoms with Crippen LogP contribution in [-0.2, 0) is 24.1 Å². The quantitative estimate of drug-likeness (QED) is 0.575. The number of carbonyl (C=O) groups is 1. The third-order valence-corrected chi connectivity index (χ3v) is 2.84. The molecule has 0 heterocycles. The standard InChI is InChI=1S/C12H18.C2H5OP/c1-4-10-8-7-9-11(5-2)12(10)6-3;1-4-2-3/h7-9H,4-6H2,1-3H3;2,4H,1H3. The second kappa shape index (κ2) is 9.54. The van der Waals surface area contributed by atoms with Crippen LogP contribution in [0, 0.1) is 0 Å². The van der Waals surface area contributed by atoms with Gasteiger partial charge >= 0.3 is 0 Å². The smallest absolute Gasteiger partial charge is 0.138 e. The third kappa shape index (κ3) is 4.90. The Morgan fingerprint density at radius 2 is 1.50 bits per heavy atom. The van der Waals surface area contributed by atoms with Crippen LogP contribution in [0.2, 0.25) is 0 Å². The number of hydrogen-bond acceptors (Lipinski definition) is 1. The van der Waals surface area contributed by atoms with E-state index in [2.05, 4.69) is 39.0 Å². The Hall–Kier alpha value is -0.680. The molecule has 0 N–H and O–H groups in total. The van der Waals surface area contributed by atoms with Crippen molar-refractivity contribution in [3.63, 3.8) is 0 Å². The molecule has 1 aromatic rings. The molecule has 1 nitrogen and oxygen atoms in total. The molecule has 2 heteroatoms. The Balaban J connectivity index is 0.000000487. The molecule has 1 atom stereocenters. The molecule has 90 valence electrons. The van der Waals surface area contributed by atoms with Crippen molar-refractivity contribution < 1.29 is 4.79 Å². The van der Waals surface area contributed by atoms with E-state index in [0.717, 1.165) is 18.9 Å². The van der Waals surface area contributed by atoms with Crippen molar-refractivity contribution in [3.05, 3.63) is 34.9 Å². The van der Waals surface area contributed by atoms with Gasteiger partial charge in [-0.2, -0.15) is 0 Å². The molecule has 0 radical (unpaired) electrons. The fourth-order valence-corrected chi connectivity index (χ4v) is 1.80. The molecule has 0 fully saturated rings. The first-order valence-corrected chi connectivity index (χ1v) is 7.53. The monoisotopic (exact) mass is 238 g/mol. The highest BCUT2D eigenvalue weighted by Crippen LogP contribution is 2.16. The van der Waals surface area contributed by atoms with Crippen molar-refractivity contribution in [1.29, 1.82) is 0 Å². The van der Waals surface area contributed by atoms with Crippen molar-refractivity contribution in [3.8, 4) is 0 Å². The van der Waals surface area contributed by atoms with Crippen LogP contribution >= 0.6 is 8.58 Å². The van der Waals surface area contributed by atoms with E-state index < -0.39 is 0 Å². The van der Waals surface area contributed by atoms with Crippen LogP contribution in [0.15, 0.2) is 18.2 Å². The average Bonchev–Trinajstić information content (AvgIpc) is 2.37. The number of aryl methyl sites for hydroxylation is 2. The summed E-state index contributed by atoms with van der Waals surface area (Å²) in [4.78, 5) is 9.19. The van der Waals surface area contributed by atoms with Gasteiger partial charge in [0.15, 0.2) is 0 Å². The summed E-state index contributed by atoms with van der Waals surface area (Å²) >= 11 is 0. The van der Waals surface area contributed by atoms with E-state index in [1.165, 1.54) is 17.5 Å². The van der Waals surface area contributed by atoms with Gasteiger partial charge in [-0.05, 0) is 42.6 Å². The number of rotatable bonds is 4. The Morgan fingerprint density at radius 3 is 1.75 bits per heavy atom. The van der Waals surface area contributed by atoms with Gasteiger partial charge < -0.3 is 0 Å². The molecule has 1 unspecified atom stereocenters. The molecule has 0 bridgehead atoms. The van der Waals surface area contributed by atoms with E-state index in [1.807, 2.05) is 6.66 Å². The molecule has 0 aliphatic heterocycles. The topological polar surface area (TPSA) is 17.1 Å².